The minimum Gasteiger partial charge on any atom is -0.543 e. The molecule has 13 heteroatoms. The number of carbonyl (C=O) groups excluding carboxylic acids is 3. The van der Waals surface area contributed by atoms with E-state index in [1.807, 2.05) is 25.2 Å². The lowest BCUT2D eigenvalue weighted by atomic mass is 9.99. The normalized spacial score (nSPS) is 24.5. The Hall–Kier alpha value is -2.94. The molecule has 0 N–H and O–H groups in total. The lowest BCUT2D eigenvalue weighted by Gasteiger charge is -2.39. The summed E-state index contributed by atoms with van der Waals surface area (Å²) in [6, 6.07) is 1.76. The second-order valence-corrected chi connectivity index (χ2v) is 26.0. The number of ether oxygens (including phenoxy) is 2. The number of carbonyl (C=O) groups is 3. The summed E-state index contributed by atoms with van der Waals surface area (Å²) < 4.78 is 25.6. The standard InChI is InChI=1S/C36H53ClN2O8Si2/c1-23-20-27-26(45-27)15-13-12-14-24(38-43-19-18-39-30(40)16-17-31(39)41)21-25-32(34(42)44-23)28(46-48(8,9)35(2,3)4)22-29(33(25)37)47-49(10,11)36(5,6)7/h12-15,22-23,26-27H,16-21H2,1-11H3/b14-12+,15-13-,38-24+. The van der Waals surface area contributed by atoms with Gasteiger partial charge in [0.1, 0.15) is 35.9 Å². The topological polar surface area (TPSA) is 116 Å². The van der Waals surface area contributed by atoms with Crippen molar-refractivity contribution in [2.45, 2.75) is 129 Å². The first-order valence-electron chi connectivity index (χ1n) is 17.1. The number of imide groups is 1. The molecule has 3 aliphatic heterocycles. The van der Waals surface area contributed by atoms with Crippen LogP contribution in [0, 0.1) is 0 Å². The monoisotopic (exact) mass is 732 g/mol. The van der Waals surface area contributed by atoms with Crippen LogP contribution in [0.5, 0.6) is 11.5 Å². The maximum absolute atomic E-state index is 14.3. The van der Waals surface area contributed by atoms with Crippen LogP contribution in [0.3, 0.4) is 0 Å². The lowest BCUT2D eigenvalue weighted by molar-refractivity contribution is -0.139. The van der Waals surface area contributed by atoms with Crippen molar-refractivity contribution in [3.8, 4) is 11.5 Å². The number of fused-ring (bicyclic) bond motifs is 2. The highest BCUT2D eigenvalue weighted by molar-refractivity contribution is 6.75. The first-order chi connectivity index (χ1) is 22.6. The molecule has 270 valence electrons. The molecule has 49 heavy (non-hydrogen) atoms. The van der Waals surface area contributed by atoms with Crippen LogP contribution in [0.15, 0.2) is 35.5 Å². The summed E-state index contributed by atoms with van der Waals surface area (Å²) in [7, 11) is -4.90. The fraction of sp³-hybridized carbons (Fsp3) is 0.611. The zero-order valence-corrected chi connectivity index (χ0v) is 33.7. The van der Waals surface area contributed by atoms with Crippen molar-refractivity contribution in [2.75, 3.05) is 13.2 Å². The molecule has 2 saturated heterocycles. The van der Waals surface area contributed by atoms with E-state index in [1.165, 1.54) is 4.90 Å². The van der Waals surface area contributed by atoms with Crippen LogP contribution in [0.2, 0.25) is 41.3 Å². The van der Waals surface area contributed by atoms with Crippen molar-refractivity contribution < 1.29 is 37.5 Å². The van der Waals surface area contributed by atoms with E-state index >= 15 is 0 Å². The quantitative estimate of drug-likeness (QED) is 0.0660. The van der Waals surface area contributed by atoms with Crippen molar-refractivity contribution in [1.29, 1.82) is 0 Å². The third-order valence-electron chi connectivity index (χ3n) is 10.1. The Morgan fingerprint density at radius 2 is 1.53 bits per heavy atom. The average molecular weight is 733 g/mol. The molecule has 2 fully saturated rings. The molecule has 1 aromatic rings. The van der Waals surface area contributed by atoms with Crippen LogP contribution in [0.25, 0.3) is 0 Å². The highest BCUT2D eigenvalue weighted by Crippen LogP contribution is 2.46. The van der Waals surface area contributed by atoms with Gasteiger partial charge in [-0.05, 0) is 54.8 Å². The molecule has 3 heterocycles. The van der Waals surface area contributed by atoms with Crippen molar-refractivity contribution in [1.82, 2.24) is 4.90 Å². The van der Waals surface area contributed by atoms with Crippen molar-refractivity contribution in [2.24, 2.45) is 5.16 Å². The summed E-state index contributed by atoms with van der Waals surface area (Å²) in [5, 5.41) is 4.37. The Kier molecular flexibility index (Phi) is 11.7. The number of amides is 2. The number of oxime groups is 1. The van der Waals surface area contributed by atoms with E-state index in [4.69, 9.17) is 34.8 Å². The molecule has 0 radical (unpaired) electrons. The summed E-state index contributed by atoms with van der Waals surface area (Å²) in [4.78, 5) is 45.3. The van der Waals surface area contributed by atoms with Gasteiger partial charge in [0.15, 0.2) is 0 Å². The van der Waals surface area contributed by atoms with Crippen molar-refractivity contribution in [3.05, 3.63) is 46.5 Å². The van der Waals surface area contributed by atoms with Gasteiger partial charge in [-0.3, -0.25) is 14.5 Å². The molecule has 3 atom stereocenters. The molecule has 4 rings (SSSR count). The van der Waals surface area contributed by atoms with Crippen LogP contribution in [-0.2, 0) is 30.3 Å². The van der Waals surface area contributed by atoms with E-state index in [0.717, 1.165) is 0 Å². The number of epoxide rings is 1. The van der Waals surface area contributed by atoms with Crippen LogP contribution in [0.1, 0.15) is 83.7 Å². The maximum atomic E-state index is 14.3. The Bertz CT molecular complexity index is 1520. The van der Waals surface area contributed by atoms with Gasteiger partial charge in [0.2, 0.25) is 11.8 Å². The molecular formula is C36H53ClN2O8Si2. The molecule has 0 aromatic heterocycles. The van der Waals surface area contributed by atoms with Crippen molar-refractivity contribution in [3.63, 3.8) is 0 Å². The molecule has 3 unspecified atom stereocenters. The van der Waals surface area contributed by atoms with E-state index in [-0.39, 0.29) is 77.1 Å². The van der Waals surface area contributed by atoms with E-state index in [0.29, 0.717) is 29.2 Å². The van der Waals surface area contributed by atoms with Crippen LogP contribution in [-0.4, -0.2) is 76.5 Å². The first-order valence-corrected chi connectivity index (χ1v) is 23.3. The molecule has 10 nitrogen and oxygen atoms in total. The fourth-order valence-electron chi connectivity index (χ4n) is 4.97. The van der Waals surface area contributed by atoms with Gasteiger partial charge in [0, 0.05) is 31.7 Å². The predicted octanol–water partition coefficient (Wildman–Crippen LogP) is 8.00. The predicted molar refractivity (Wildman–Crippen MR) is 197 cm³/mol. The maximum Gasteiger partial charge on any atom is 0.342 e. The number of esters is 1. The van der Waals surface area contributed by atoms with Gasteiger partial charge in [0.25, 0.3) is 16.6 Å². The van der Waals surface area contributed by atoms with E-state index in [2.05, 4.69) is 72.9 Å². The van der Waals surface area contributed by atoms with Gasteiger partial charge >= 0.3 is 5.97 Å². The largest absolute Gasteiger partial charge is 0.543 e. The molecule has 0 bridgehead atoms. The number of hydrogen-bond donors (Lipinski definition) is 0. The van der Waals surface area contributed by atoms with E-state index in [9.17, 15) is 14.4 Å². The number of cyclic esters (lactones) is 1. The fourth-order valence-corrected chi connectivity index (χ4v) is 7.32. The zero-order valence-electron chi connectivity index (χ0n) is 30.9. The third kappa shape index (κ3) is 9.45. The smallest absolute Gasteiger partial charge is 0.342 e. The average Bonchev–Trinajstić information content (AvgIpc) is 3.62. The first kappa shape index (κ1) is 38.9. The van der Waals surface area contributed by atoms with Crippen LogP contribution < -0.4 is 8.85 Å². The van der Waals surface area contributed by atoms with Crippen LogP contribution in [0.4, 0.5) is 0 Å². The number of allylic oxidation sites excluding steroid dienone is 3. The molecular weight excluding hydrogens is 680 g/mol. The highest BCUT2D eigenvalue weighted by atomic mass is 35.5. The summed E-state index contributed by atoms with van der Waals surface area (Å²) in [6.45, 7) is 23.3. The third-order valence-corrected chi connectivity index (χ3v) is 19.2. The molecule has 0 aliphatic carbocycles. The Morgan fingerprint density at radius 3 is 2.12 bits per heavy atom. The Labute approximate surface area is 298 Å². The SMILES string of the molecule is CC1CC2OC2\C=C/C=C/C(=N\OCCN2C(=O)CCC2=O)Cc2c(Cl)c(O[Si](C)(C)C(C)(C)C)cc(O[Si](C)(C)C(C)(C)C)c2C(=O)O1. The lowest BCUT2D eigenvalue weighted by Crippen LogP contribution is -2.45. The second kappa shape index (κ2) is 14.7. The van der Waals surface area contributed by atoms with Crippen LogP contribution >= 0.6 is 11.6 Å². The molecule has 0 saturated carbocycles. The Morgan fingerprint density at radius 1 is 0.939 bits per heavy atom. The number of nitrogens with zero attached hydrogens (tertiary/aromatic N) is 2. The minimum absolute atomic E-state index is 0.0106. The summed E-state index contributed by atoms with van der Waals surface area (Å²) >= 11 is 7.25. The second-order valence-electron chi connectivity index (χ2n) is 16.1. The molecule has 3 aliphatic rings. The number of halogens is 1. The number of likely N-dealkylation sites (tertiary alicyclic amines) is 1. The van der Waals surface area contributed by atoms with Gasteiger partial charge in [-0.2, -0.15) is 0 Å². The number of rotatable bonds is 8. The summed E-state index contributed by atoms with van der Waals surface area (Å²) in [6.07, 6.45) is 7.90. The number of hydrogen-bond acceptors (Lipinski definition) is 9. The molecule has 1 aromatic carbocycles. The Balaban J connectivity index is 1.86. The summed E-state index contributed by atoms with van der Waals surface area (Å²) in [5.41, 5.74) is 1.11. The van der Waals surface area contributed by atoms with E-state index < -0.39 is 28.7 Å². The zero-order chi connectivity index (χ0) is 36.5. The van der Waals surface area contributed by atoms with Gasteiger partial charge in [-0.15, -0.1) is 0 Å². The highest BCUT2D eigenvalue weighted by Gasteiger charge is 2.43. The molecule has 2 amide bonds. The number of benzene rings is 1. The van der Waals surface area contributed by atoms with Crippen molar-refractivity contribution >= 4 is 51.7 Å². The van der Waals surface area contributed by atoms with Gasteiger partial charge < -0.3 is 23.2 Å². The van der Waals surface area contributed by atoms with Gasteiger partial charge in [0.05, 0.1) is 23.4 Å². The van der Waals surface area contributed by atoms with E-state index in [1.54, 1.807) is 12.1 Å². The molecule has 0 spiro atoms. The van der Waals surface area contributed by atoms with Gasteiger partial charge in [-0.25, -0.2) is 4.79 Å². The van der Waals surface area contributed by atoms with Gasteiger partial charge in [-0.1, -0.05) is 76.5 Å². The minimum atomic E-state index is -2.50. The summed E-state index contributed by atoms with van der Waals surface area (Å²) in [5.74, 6) is -0.201.